The summed E-state index contributed by atoms with van der Waals surface area (Å²) >= 11 is 1.55. The molecule has 24 heavy (non-hydrogen) atoms. The molecule has 0 bridgehead atoms. The third-order valence-corrected chi connectivity index (χ3v) is 7.04. The van der Waals surface area contributed by atoms with Crippen molar-refractivity contribution >= 4 is 27.1 Å². The number of carbonyl (C=O) groups is 1. The van der Waals surface area contributed by atoms with Crippen LogP contribution in [0.3, 0.4) is 0 Å². The van der Waals surface area contributed by atoms with Crippen molar-refractivity contribution in [3.63, 3.8) is 0 Å². The molecule has 1 aliphatic heterocycles. The first-order valence-corrected chi connectivity index (χ1v) is 10.4. The first kappa shape index (κ1) is 17.1. The summed E-state index contributed by atoms with van der Waals surface area (Å²) in [5.41, 5.74) is 1.45. The molecule has 1 unspecified atom stereocenters. The van der Waals surface area contributed by atoms with Gasteiger partial charge in [-0.05, 0) is 54.6 Å². The molecule has 0 aliphatic carbocycles. The Bertz CT molecular complexity index is 843. The summed E-state index contributed by atoms with van der Waals surface area (Å²) in [5.74, 6) is -0.570. The van der Waals surface area contributed by atoms with E-state index in [-0.39, 0.29) is 23.5 Å². The molecule has 1 saturated heterocycles. The van der Waals surface area contributed by atoms with Gasteiger partial charge in [0.05, 0.1) is 18.1 Å². The van der Waals surface area contributed by atoms with Gasteiger partial charge < -0.3 is 4.90 Å². The highest BCUT2D eigenvalue weighted by atomic mass is 32.2. The number of rotatable bonds is 4. The second-order valence-electron chi connectivity index (χ2n) is 6.02. The van der Waals surface area contributed by atoms with Crippen molar-refractivity contribution in [2.24, 2.45) is 0 Å². The number of sulfone groups is 1. The Balaban J connectivity index is 1.90. The lowest BCUT2D eigenvalue weighted by Gasteiger charge is -2.28. The molecular weight excluding hydrogens is 349 g/mol. The molecule has 0 radical (unpaired) electrons. The molecular formula is C17H18FNO3S2. The van der Waals surface area contributed by atoms with Crippen LogP contribution < -0.4 is 0 Å². The van der Waals surface area contributed by atoms with E-state index in [1.54, 1.807) is 16.2 Å². The minimum absolute atomic E-state index is 0.00957. The van der Waals surface area contributed by atoms with E-state index in [2.05, 4.69) is 0 Å². The van der Waals surface area contributed by atoms with Gasteiger partial charge in [0.15, 0.2) is 9.84 Å². The Kier molecular flexibility index (Phi) is 4.73. The zero-order chi connectivity index (χ0) is 17.3. The lowest BCUT2D eigenvalue weighted by atomic mass is 10.1. The van der Waals surface area contributed by atoms with Gasteiger partial charge in [0.2, 0.25) is 0 Å². The number of thiophene rings is 1. The van der Waals surface area contributed by atoms with E-state index < -0.39 is 15.7 Å². The van der Waals surface area contributed by atoms with Gasteiger partial charge in [0.1, 0.15) is 5.82 Å². The van der Waals surface area contributed by atoms with Crippen LogP contribution in [-0.2, 0) is 16.4 Å². The Morgan fingerprint density at radius 1 is 1.29 bits per heavy atom. The number of hydrogen-bond donors (Lipinski definition) is 0. The molecule has 3 rings (SSSR count). The Hall–Kier alpha value is -1.73. The molecule has 1 amide bonds. The molecule has 7 heteroatoms. The molecule has 0 spiro atoms. The van der Waals surface area contributed by atoms with Crippen molar-refractivity contribution < 1.29 is 17.6 Å². The number of nitrogens with zero attached hydrogens (tertiary/aromatic N) is 1. The van der Waals surface area contributed by atoms with Gasteiger partial charge in [-0.15, -0.1) is 11.3 Å². The minimum atomic E-state index is -3.10. The van der Waals surface area contributed by atoms with Crippen molar-refractivity contribution in [2.75, 3.05) is 11.5 Å². The first-order valence-electron chi connectivity index (χ1n) is 7.66. The van der Waals surface area contributed by atoms with Gasteiger partial charge in [-0.25, -0.2) is 12.8 Å². The van der Waals surface area contributed by atoms with Crippen molar-refractivity contribution in [3.05, 3.63) is 57.5 Å². The van der Waals surface area contributed by atoms with Crippen molar-refractivity contribution in [3.8, 4) is 0 Å². The average molecular weight is 367 g/mol. The Morgan fingerprint density at radius 3 is 2.54 bits per heavy atom. The molecule has 1 atom stereocenters. The predicted octanol–water partition coefficient (Wildman–Crippen LogP) is 3.03. The quantitative estimate of drug-likeness (QED) is 0.835. The maximum Gasteiger partial charge on any atom is 0.254 e. The van der Waals surface area contributed by atoms with Crippen LogP contribution in [0.1, 0.15) is 27.2 Å². The maximum absolute atomic E-state index is 13.1. The van der Waals surface area contributed by atoms with E-state index in [1.165, 1.54) is 24.3 Å². The highest BCUT2D eigenvalue weighted by Crippen LogP contribution is 2.25. The second-order valence-corrected chi connectivity index (χ2v) is 9.25. The van der Waals surface area contributed by atoms with Crippen LogP contribution in [0.2, 0.25) is 0 Å². The highest BCUT2D eigenvalue weighted by Gasteiger charge is 2.35. The minimum Gasteiger partial charge on any atom is -0.329 e. The highest BCUT2D eigenvalue weighted by molar-refractivity contribution is 7.91. The Labute approximate surface area is 144 Å². The van der Waals surface area contributed by atoms with Crippen molar-refractivity contribution in [1.82, 2.24) is 4.90 Å². The molecule has 2 heterocycles. The maximum atomic E-state index is 13.1. The lowest BCUT2D eigenvalue weighted by molar-refractivity contribution is 0.0683. The molecule has 4 nitrogen and oxygen atoms in total. The topological polar surface area (TPSA) is 54.5 Å². The van der Waals surface area contributed by atoms with E-state index in [1.807, 2.05) is 18.4 Å². The number of amides is 1. The van der Waals surface area contributed by atoms with E-state index >= 15 is 0 Å². The molecule has 2 aromatic rings. The van der Waals surface area contributed by atoms with Crippen LogP contribution in [-0.4, -0.2) is 36.8 Å². The Morgan fingerprint density at radius 2 is 2.00 bits per heavy atom. The molecule has 0 saturated carbocycles. The molecule has 0 N–H and O–H groups in total. The van der Waals surface area contributed by atoms with Crippen LogP contribution in [0.5, 0.6) is 0 Å². The zero-order valence-electron chi connectivity index (χ0n) is 13.2. The monoisotopic (exact) mass is 367 g/mol. The summed E-state index contributed by atoms with van der Waals surface area (Å²) in [6, 6.07) is 7.01. The van der Waals surface area contributed by atoms with Gasteiger partial charge in [0.25, 0.3) is 5.91 Å². The SMILES string of the molecule is Cc1ccsc1CN(C(=O)c1ccc(F)cc1)C1CCS(=O)(=O)C1. The van der Waals surface area contributed by atoms with E-state index in [0.29, 0.717) is 18.5 Å². The third kappa shape index (κ3) is 3.67. The van der Waals surface area contributed by atoms with Crippen molar-refractivity contribution in [1.29, 1.82) is 0 Å². The number of hydrogen-bond acceptors (Lipinski definition) is 4. The molecule has 1 fully saturated rings. The molecule has 1 aromatic carbocycles. The van der Waals surface area contributed by atoms with Gasteiger partial charge in [-0.3, -0.25) is 4.79 Å². The summed E-state index contributed by atoms with van der Waals surface area (Å²) in [5, 5.41) is 1.95. The smallest absolute Gasteiger partial charge is 0.254 e. The summed E-state index contributed by atoms with van der Waals surface area (Å²) in [6.07, 6.45) is 0.444. The van der Waals surface area contributed by atoms with E-state index in [9.17, 15) is 17.6 Å². The van der Waals surface area contributed by atoms with Gasteiger partial charge in [-0.2, -0.15) is 0 Å². The van der Waals surface area contributed by atoms with E-state index in [0.717, 1.165) is 10.4 Å². The van der Waals surface area contributed by atoms with Crippen LogP contribution in [0.15, 0.2) is 35.7 Å². The number of carbonyl (C=O) groups excluding carboxylic acids is 1. The van der Waals surface area contributed by atoms with Crippen LogP contribution in [0, 0.1) is 12.7 Å². The summed E-state index contributed by atoms with van der Waals surface area (Å²) in [6.45, 7) is 2.34. The predicted molar refractivity (Wildman–Crippen MR) is 92.4 cm³/mol. The van der Waals surface area contributed by atoms with Gasteiger partial charge >= 0.3 is 0 Å². The zero-order valence-corrected chi connectivity index (χ0v) is 14.9. The fraction of sp³-hybridized carbons (Fsp3) is 0.353. The van der Waals surface area contributed by atoms with Gasteiger partial charge in [0, 0.05) is 16.5 Å². The van der Waals surface area contributed by atoms with Gasteiger partial charge in [-0.1, -0.05) is 0 Å². The normalized spacial score (nSPS) is 19.3. The van der Waals surface area contributed by atoms with Crippen LogP contribution in [0.4, 0.5) is 4.39 Å². The molecule has 128 valence electrons. The standard InChI is InChI=1S/C17H18FNO3S2/c1-12-6-8-23-16(12)10-19(15-7-9-24(21,22)11-15)17(20)13-2-4-14(18)5-3-13/h2-6,8,15H,7,9-11H2,1H3. The summed E-state index contributed by atoms with van der Waals surface area (Å²) in [4.78, 5) is 15.6. The summed E-state index contributed by atoms with van der Waals surface area (Å²) in [7, 11) is -3.10. The largest absolute Gasteiger partial charge is 0.329 e. The number of halogens is 1. The number of benzene rings is 1. The average Bonchev–Trinajstić information content (AvgIpc) is 3.10. The fourth-order valence-electron chi connectivity index (χ4n) is 2.87. The summed E-state index contributed by atoms with van der Waals surface area (Å²) < 4.78 is 36.8. The molecule has 1 aromatic heterocycles. The molecule has 1 aliphatic rings. The number of aryl methyl sites for hydroxylation is 1. The fourth-order valence-corrected chi connectivity index (χ4v) is 5.50. The first-order chi connectivity index (χ1) is 11.4. The second kappa shape index (κ2) is 6.64. The lowest BCUT2D eigenvalue weighted by Crippen LogP contribution is -2.40. The van der Waals surface area contributed by atoms with E-state index in [4.69, 9.17) is 0 Å². The van der Waals surface area contributed by atoms with Crippen LogP contribution in [0.25, 0.3) is 0 Å². The van der Waals surface area contributed by atoms with Crippen molar-refractivity contribution in [2.45, 2.75) is 25.9 Å². The third-order valence-electron chi connectivity index (χ3n) is 4.28. The van der Waals surface area contributed by atoms with Crippen LogP contribution >= 0.6 is 11.3 Å².